The van der Waals surface area contributed by atoms with Crippen LogP contribution in [0.3, 0.4) is 0 Å². The first-order valence-corrected chi connectivity index (χ1v) is 8.30. The van der Waals surface area contributed by atoms with Crippen LogP contribution in [-0.4, -0.2) is 40.8 Å². The van der Waals surface area contributed by atoms with Crippen LogP contribution in [0.25, 0.3) is 0 Å². The van der Waals surface area contributed by atoms with Crippen LogP contribution < -0.4 is 10.2 Å². The number of nitrogens with one attached hydrogen (secondary N) is 1. The predicted octanol–water partition coefficient (Wildman–Crippen LogP) is 2.36. The van der Waals surface area contributed by atoms with Gasteiger partial charge in [0.25, 0.3) is 5.91 Å². The molecule has 0 aliphatic heterocycles. The number of phenols is 3. The van der Waals surface area contributed by atoms with Crippen molar-refractivity contribution in [2.24, 2.45) is 5.10 Å². The summed E-state index contributed by atoms with van der Waals surface area (Å²) in [5.74, 6) is -2.52. The van der Waals surface area contributed by atoms with Crippen molar-refractivity contribution in [3.05, 3.63) is 29.3 Å². The summed E-state index contributed by atoms with van der Waals surface area (Å²) in [5.41, 5.74) is 2.95. The van der Waals surface area contributed by atoms with Crippen molar-refractivity contribution in [2.75, 3.05) is 13.4 Å². The Labute approximate surface area is 140 Å². The van der Waals surface area contributed by atoms with Gasteiger partial charge < -0.3 is 20.1 Å². The lowest BCUT2D eigenvalue weighted by Gasteiger charge is -2.04. The van der Waals surface area contributed by atoms with E-state index in [9.17, 15) is 20.1 Å². The molecule has 0 spiro atoms. The minimum Gasteiger partial charge on any atom is -0.504 e. The Bertz CT molecular complexity index is 735. The number of aromatic hydroxyl groups is 3. The Hall–Kier alpha value is -2.39. The van der Waals surface area contributed by atoms with Crippen molar-refractivity contribution < 1.29 is 24.9 Å². The van der Waals surface area contributed by atoms with Crippen molar-refractivity contribution in [2.45, 2.75) is 4.21 Å². The van der Waals surface area contributed by atoms with Crippen LogP contribution >= 0.6 is 23.1 Å². The summed E-state index contributed by atoms with van der Waals surface area (Å²) in [5, 5.41) is 32.5. The molecule has 0 fully saturated rings. The topological polar surface area (TPSA) is 111 Å². The number of carbonyl (C=O) groups is 1. The van der Waals surface area contributed by atoms with Gasteiger partial charge in [-0.3, -0.25) is 4.79 Å². The average molecular weight is 354 g/mol. The van der Waals surface area contributed by atoms with Crippen LogP contribution in [0, 0.1) is 0 Å². The number of hydrazone groups is 1. The van der Waals surface area contributed by atoms with E-state index in [-0.39, 0.29) is 5.56 Å². The molecular weight excluding hydrogens is 340 g/mol. The van der Waals surface area contributed by atoms with E-state index in [4.69, 9.17) is 4.74 Å². The second-order valence-electron chi connectivity index (χ2n) is 4.28. The van der Waals surface area contributed by atoms with E-state index in [2.05, 4.69) is 10.5 Å². The second-order valence-corrected chi connectivity index (χ2v) is 6.40. The van der Waals surface area contributed by atoms with E-state index >= 15 is 0 Å². The minimum atomic E-state index is -0.683. The van der Waals surface area contributed by atoms with Crippen LogP contribution in [0.1, 0.15) is 15.9 Å². The molecule has 1 aromatic carbocycles. The van der Waals surface area contributed by atoms with Crippen LogP contribution in [-0.2, 0) is 0 Å². The van der Waals surface area contributed by atoms with E-state index in [1.54, 1.807) is 18.9 Å². The minimum absolute atomic E-state index is 0.0444. The van der Waals surface area contributed by atoms with Crippen LogP contribution in [0.4, 0.5) is 0 Å². The molecule has 0 unspecified atom stereocenters. The number of ether oxygens (including phenoxy) is 1. The molecular formula is C14H14N2O5S2. The molecule has 1 aromatic heterocycles. The molecule has 1 amide bonds. The molecule has 7 nitrogen and oxygen atoms in total. The zero-order valence-electron chi connectivity index (χ0n) is 12.2. The molecule has 23 heavy (non-hydrogen) atoms. The molecule has 2 aromatic rings. The molecule has 1 heterocycles. The zero-order chi connectivity index (χ0) is 17.0. The van der Waals surface area contributed by atoms with E-state index < -0.39 is 23.2 Å². The van der Waals surface area contributed by atoms with E-state index in [0.29, 0.717) is 5.06 Å². The number of amides is 1. The van der Waals surface area contributed by atoms with E-state index in [1.807, 2.05) is 12.3 Å². The number of hydrogen-bond donors (Lipinski definition) is 4. The normalized spacial score (nSPS) is 10.9. The number of nitrogens with zero attached hydrogens (tertiary/aromatic N) is 1. The Balaban J connectivity index is 2.11. The van der Waals surface area contributed by atoms with Gasteiger partial charge in [-0.1, -0.05) is 11.3 Å². The Morgan fingerprint density at radius 3 is 2.52 bits per heavy atom. The van der Waals surface area contributed by atoms with Gasteiger partial charge in [-0.2, -0.15) is 5.10 Å². The zero-order valence-corrected chi connectivity index (χ0v) is 13.9. The Kier molecular flexibility index (Phi) is 5.35. The first-order valence-electron chi connectivity index (χ1n) is 6.26. The quantitative estimate of drug-likeness (QED) is 0.284. The van der Waals surface area contributed by atoms with Crippen LogP contribution in [0.2, 0.25) is 0 Å². The number of phenolic OH excluding ortho intramolecular Hbond substituents is 3. The summed E-state index contributed by atoms with van der Waals surface area (Å²) in [6.07, 6.45) is 3.38. The van der Waals surface area contributed by atoms with Crippen molar-refractivity contribution in [1.82, 2.24) is 5.43 Å². The Morgan fingerprint density at radius 1 is 1.30 bits per heavy atom. The van der Waals surface area contributed by atoms with Gasteiger partial charge in [0, 0.05) is 11.1 Å². The third kappa shape index (κ3) is 3.88. The molecule has 4 N–H and O–H groups in total. The molecule has 0 aliphatic carbocycles. The summed E-state index contributed by atoms with van der Waals surface area (Å²) in [4.78, 5) is 11.9. The summed E-state index contributed by atoms with van der Waals surface area (Å²) >= 11 is 3.03. The third-order valence-electron chi connectivity index (χ3n) is 2.79. The first-order chi connectivity index (χ1) is 11.0. The molecule has 2 rings (SSSR count). The molecule has 9 heteroatoms. The summed E-state index contributed by atoms with van der Waals surface area (Å²) in [7, 11) is 1.55. The van der Waals surface area contributed by atoms with Gasteiger partial charge in [0.05, 0.1) is 17.5 Å². The molecule has 0 saturated heterocycles. The lowest BCUT2D eigenvalue weighted by Crippen LogP contribution is -2.17. The number of thiophene rings is 1. The van der Waals surface area contributed by atoms with Gasteiger partial charge in [-0.05, 0) is 24.5 Å². The fraction of sp³-hybridized carbons (Fsp3) is 0.143. The van der Waals surface area contributed by atoms with Crippen molar-refractivity contribution in [3.63, 3.8) is 0 Å². The predicted molar refractivity (Wildman–Crippen MR) is 89.1 cm³/mol. The fourth-order valence-corrected chi connectivity index (χ4v) is 3.16. The van der Waals surface area contributed by atoms with Gasteiger partial charge in [0.2, 0.25) is 0 Å². The molecule has 0 radical (unpaired) electrons. The maximum atomic E-state index is 11.9. The number of rotatable bonds is 5. The SMILES string of the molecule is COc1sc(SC)cc1/C=N\NC(=O)c1cc(O)c(O)c(O)c1. The van der Waals surface area contributed by atoms with Gasteiger partial charge in [0.15, 0.2) is 22.3 Å². The van der Waals surface area contributed by atoms with Crippen molar-refractivity contribution in [1.29, 1.82) is 0 Å². The monoisotopic (exact) mass is 354 g/mol. The van der Waals surface area contributed by atoms with Crippen LogP contribution in [0.5, 0.6) is 22.3 Å². The lowest BCUT2D eigenvalue weighted by molar-refractivity contribution is 0.0954. The van der Waals surface area contributed by atoms with Gasteiger partial charge in [-0.25, -0.2) is 5.43 Å². The highest BCUT2D eigenvalue weighted by Gasteiger charge is 2.13. The van der Waals surface area contributed by atoms with Gasteiger partial charge in [-0.15, -0.1) is 11.8 Å². The molecule has 0 saturated carbocycles. The number of carbonyl (C=O) groups excluding carboxylic acids is 1. The average Bonchev–Trinajstić information content (AvgIpc) is 2.94. The number of benzene rings is 1. The molecule has 122 valence electrons. The largest absolute Gasteiger partial charge is 0.504 e. The number of methoxy groups -OCH3 is 1. The second kappa shape index (κ2) is 7.25. The van der Waals surface area contributed by atoms with Crippen molar-refractivity contribution in [3.8, 4) is 22.3 Å². The maximum Gasteiger partial charge on any atom is 0.271 e. The van der Waals surface area contributed by atoms with Gasteiger partial charge in [0.1, 0.15) is 0 Å². The smallest absolute Gasteiger partial charge is 0.271 e. The molecule has 0 aliphatic rings. The number of thioether (sulfide) groups is 1. The first kappa shape index (κ1) is 17.0. The highest BCUT2D eigenvalue weighted by molar-refractivity contribution is 8.00. The lowest BCUT2D eigenvalue weighted by atomic mass is 10.2. The summed E-state index contributed by atoms with van der Waals surface area (Å²) in [6, 6.07) is 3.93. The number of hydrogen-bond acceptors (Lipinski definition) is 8. The van der Waals surface area contributed by atoms with Gasteiger partial charge >= 0.3 is 0 Å². The van der Waals surface area contributed by atoms with Crippen LogP contribution in [0.15, 0.2) is 27.5 Å². The Morgan fingerprint density at radius 2 is 1.96 bits per heavy atom. The van der Waals surface area contributed by atoms with E-state index in [0.717, 1.165) is 21.9 Å². The highest BCUT2D eigenvalue weighted by atomic mass is 32.2. The van der Waals surface area contributed by atoms with Crippen molar-refractivity contribution >= 4 is 35.2 Å². The third-order valence-corrected chi connectivity index (χ3v) is 4.97. The van der Waals surface area contributed by atoms with E-state index in [1.165, 1.54) is 17.6 Å². The standard InChI is InChI=1S/C14H14N2O5S2/c1-21-14-8(5-11(22-2)23-14)6-15-16-13(20)7-3-9(17)12(19)10(18)4-7/h3-6,17-19H,1-2H3,(H,16,20)/b15-6-. The summed E-state index contributed by atoms with van der Waals surface area (Å²) in [6.45, 7) is 0. The fourth-order valence-electron chi connectivity index (χ4n) is 1.68. The maximum absolute atomic E-state index is 11.9. The molecule has 0 atom stereocenters. The molecule has 0 bridgehead atoms. The summed E-state index contributed by atoms with van der Waals surface area (Å²) < 4.78 is 6.27. The highest BCUT2D eigenvalue weighted by Crippen LogP contribution is 2.35.